The smallest absolute Gasteiger partial charge is 0.303 e. The second-order valence-electron chi connectivity index (χ2n) is 7.16. The molecule has 27 heavy (non-hydrogen) atoms. The van der Waals surface area contributed by atoms with Gasteiger partial charge in [-0.25, -0.2) is 4.98 Å². The molecule has 3 heterocycles. The lowest BCUT2D eigenvalue weighted by molar-refractivity contribution is -0.137. The number of hydrogen-bond donors (Lipinski definition) is 1. The molecule has 3 aromatic heterocycles. The minimum Gasteiger partial charge on any atom is -0.481 e. The van der Waals surface area contributed by atoms with Gasteiger partial charge >= 0.3 is 5.97 Å². The molecule has 6 nitrogen and oxygen atoms in total. The summed E-state index contributed by atoms with van der Waals surface area (Å²) >= 11 is 1.62. The fraction of sp³-hybridized carbons (Fsp3) is 0.400. The van der Waals surface area contributed by atoms with E-state index in [0.29, 0.717) is 24.7 Å². The van der Waals surface area contributed by atoms with Crippen molar-refractivity contribution in [3.63, 3.8) is 0 Å². The van der Waals surface area contributed by atoms with Crippen molar-refractivity contribution >= 4 is 27.5 Å². The summed E-state index contributed by atoms with van der Waals surface area (Å²) in [7, 11) is 0. The largest absolute Gasteiger partial charge is 0.481 e. The molecule has 0 saturated heterocycles. The van der Waals surface area contributed by atoms with Crippen LogP contribution in [0.1, 0.15) is 36.6 Å². The van der Waals surface area contributed by atoms with Crippen molar-refractivity contribution < 1.29 is 9.90 Å². The molecule has 7 heteroatoms. The minimum atomic E-state index is -0.859. The van der Waals surface area contributed by atoms with Crippen molar-refractivity contribution in [2.24, 2.45) is 5.92 Å². The zero-order valence-electron chi connectivity index (χ0n) is 15.1. The van der Waals surface area contributed by atoms with E-state index in [9.17, 15) is 9.59 Å². The molecule has 0 amide bonds. The molecule has 0 fully saturated rings. The van der Waals surface area contributed by atoms with Gasteiger partial charge in [-0.3, -0.25) is 19.1 Å². The number of aliphatic carboxylic acids is 1. The third-order valence-electron chi connectivity index (χ3n) is 5.11. The molecule has 4 rings (SSSR count). The van der Waals surface area contributed by atoms with Gasteiger partial charge in [0.25, 0.3) is 5.56 Å². The average Bonchev–Trinajstić information content (AvgIpc) is 3.01. The number of rotatable bonds is 5. The van der Waals surface area contributed by atoms with E-state index in [4.69, 9.17) is 10.1 Å². The molecule has 0 bridgehead atoms. The highest BCUT2D eigenvalue weighted by atomic mass is 32.1. The molecule has 3 aromatic rings. The maximum Gasteiger partial charge on any atom is 0.303 e. The Bertz CT molecular complexity index is 1060. The summed E-state index contributed by atoms with van der Waals surface area (Å²) in [6.07, 6.45) is 6.78. The van der Waals surface area contributed by atoms with Crippen LogP contribution in [0.25, 0.3) is 21.6 Å². The van der Waals surface area contributed by atoms with Crippen LogP contribution in [0.5, 0.6) is 0 Å². The molecule has 140 valence electrons. The van der Waals surface area contributed by atoms with Crippen LogP contribution in [0.15, 0.2) is 29.3 Å². The standard InChI is InChI=1S/C20H21N3O3S/c1-12-6-7-14-15(10-12)27-19-17(14)20(26)23(9-3-5-16(24)25)18(22-19)13-4-2-8-21-11-13/h2,4,8,11-12H,3,5-7,9-10H2,1H3,(H,24,25). The van der Waals surface area contributed by atoms with Crippen LogP contribution in [-0.4, -0.2) is 25.6 Å². The van der Waals surface area contributed by atoms with Gasteiger partial charge in [-0.15, -0.1) is 11.3 Å². The minimum absolute atomic E-state index is 0.0240. The quantitative estimate of drug-likeness (QED) is 0.729. The van der Waals surface area contributed by atoms with E-state index >= 15 is 0 Å². The number of carbonyl (C=O) groups is 1. The van der Waals surface area contributed by atoms with Crippen LogP contribution < -0.4 is 5.56 Å². The number of aromatic nitrogens is 3. The van der Waals surface area contributed by atoms with Gasteiger partial charge in [0.05, 0.1) is 5.39 Å². The monoisotopic (exact) mass is 383 g/mol. The molecule has 0 radical (unpaired) electrons. The second kappa shape index (κ2) is 7.23. The van der Waals surface area contributed by atoms with Gasteiger partial charge < -0.3 is 5.11 Å². The number of hydrogen-bond acceptors (Lipinski definition) is 5. The van der Waals surface area contributed by atoms with Gasteiger partial charge in [0.15, 0.2) is 0 Å². The first-order valence-corrected chi connectivity index (χ1v) is 10.0. The first kappa shape index (κ1) is 17.9. The molecule has 0 aromatic carbocycles. The third kappa shape index (κ3) is 3.39. The van der Waals surface area contributed by atoms with Gasteiger partial charge in [0, 0.05) is 35.8 Å². The SMILES string of the molecule is CC1CCc2c(sc3nc(-c4cccnc4)n(CCCC(=O)O)c(=O)c23)C1. The van der Waals surface area contributed by atoms with Gasteiger partial charge in [0.1, 0.15) is 10.7 Å². The molecule has 1 atom stereocenters. The van der Waals surface area contributed by atoms with Crippen LogP contribution >= 0.6 is 11.3 Å². The zero-order chi connectivity index (χ0) is 19.0. The molecular weight excluding hydrogens is 362 g/mol. The number of nitrogens with zero attached hydrogens (tertiary/aromatic N) is 3. The zero-order valence-corrected chi connectivity index (χ0v) is 16.0. The Morgan fingerprint density at radius 1 is 1.44 bits per heavy atom. The van der Waals surface area contributed by atoms with Crippen LogP contribution in [-0.2, 0) is 24.2 Å². The molecular formula is C20H21N3O3S. The molecule has 1 N–H and O–H groups in total. The Hall–Kier alpha value is -2.54. The van der Waals surface area contributed by atoms with Crippen molar-refractivity contribution in [2.45, 2.75) is 45.6 Å². The topological polar surface area (TPSA) is 85.1 Å². The van der Waals surface area contributed by atoms with Gasteiger partial charge in [-0.1, -0.05) is 6.92 Å². The first-order chi connectivity index (χ1) is 13.0. The van der Waals surface area contributed by atoms with Crippen LogP contribution in [0, 0.1) is 5.92 Å². The molecule has 1 aliphatic carbocycles. The number of thiophene rings is 1. The summed E-state index contributed by atoms with van der Waals surface area (Å²) in [5.74, 6) is 0.334. The van der Waals surface area contributed by atoms with Crippen molar-refractivity contribution in [1.82, 2.24) is 14.5 Å². The first-order valence-electron chi connectivity index (χ1n) is 9.22. The van der Waals surface area contributed by atoms with Crippen LogP contribution in [0.3, 0.4) is 0 Å². The normalized spacial score (nSPS) is 16.4. The van der Waals surface area contributed by atoms with Crippen molar-refractivity contribution in [1.29, 1.82) is 0 Å². The van der Waals surface area contributed by atoms with E-state index in [2.05, 4.69) is 11.9 Å². The Morgan fingerprint density at radius 2 is 2.30 bits per heavy atom. The lowest BCUT2D eigenvalue weighted by Gasteiger charge is -2.17. The average molecular weight is 383 g/mol. The number of pyridine rings is 1. The number of fused-ring (bicyclic) bond motifs is 3. The highest BCUT2D eigenvalue weighted by Crippen LogP contribution is 2.36. The van der Waals surface area contributed by atoms with Gasteiger partial charge in [0.2, 0.25) is 0 Å². The summed E-state index contributed by atoms with van der Waals surface area (Å²) in [5.41, 5.74) is 1.86. The lowest BCUT2D eigenvalue weighted by atomic mass is 9.89. The molecule has 1 aliphatic rings. The highest BCUT2D eigenvalue weighted by Gasteiger charge is 2.25. The van der Waals surface area contributed by atoms with E-state index < -0.39 is 5.97 Å². The van der Waals surface area contributed by atoms with Crippen LogP contribution in [0.4, 0.5) is 0 Å². The Labute approximate surface area is 160 Å². The highest BCUT2D eigenvalue weighted by molar-refractivity contribution is 7.18. The fourth-order valence-electron chi connectivity index (χ4n) is 3.73. The van der Waals surface area contributed by atoms with E-state index in [1.54, 1.807) is 28.3 Å². The number of carboxylic acid groups (broad SMARTS) is 1. The van der Waals surface area contributed by atoms with E-state index in [1.165, 1.54) is 4.88 Å². The Balaban J connectivity index is 1.89. The summed E-state index contributed by atoms with van der Waals surface area (Å²) in [6.45, 7) is 2.57. The molecule has 1 unspecified atom stereocenters. The van der Waals surface area contributed by atoms with E-state index in [1.807, 2.05) is 12.1 Å². The summed E-state index contributed by atoms with van der Waals surface area (Å²) in [5, 5.41) is 9.68. The number of carboxylic acids is 1. The van der Waals surface area contributed by atoms with Gasteiger partial charge in [-0.2, -0.15) is 0 Å². The maximum atomic E-state index is 13.4. The molecule has 0 saturated carbocycles. The van der Waals surface area contributed by atoms with Crippen molar-refractivity contribution in [3.8, 4) is 11.4 Å². The third-order valence-corrected chi connectivity index (χ3v) is 6.26. The van der Waals surface area contributed by atoms with Gasteiger partial charge in [-0.05, 0) is 49.3 Å². The van der Waals surface area contributed by atoms with Crippen molar-refractivity contribution in [2.75, 3.05) is 0 Å². The maximum absolute atomic E-state index is 13.4. The van der Waals surface area contributed by atoms with E-state index in [0.717, 1.165) is 40.6 Å². The Kier molecular flexibility index (Phi) is 4.78. The lowest BCUT2D eigenvalue weighted by Crippen LogP contribution is -2.24. The summed E-state index contributed by atoms with van der Waals surface area (Å²) < 4.78 is 1.63. The number of aryl methyl sites for hydroxylation is 1. The predicted molar refractivity (Wildman–Crippen MR) is 105 cm³/mol. The van der Waals surface area contributed by atoms with Crippen molar-refractivity contribution in [3.05, 3.63) is 45.3 Å². The molecule has 0 spiro atoms. The van der Waals surface area contributed by atoms with Crippen LogP contribution in [0.2, 0.25) is 0 Å². The molecule has 0 aliphatic heterocycles. The second-order valence-corrected chi connectivity index (χ2v) is 8.25. The fourth-order valence-corrected chi connectivity index (χ4v) is 5.11. The Morgan fingerprint density at radius 3 is 3.04 bits per heavy atom. The van der Waals surface area contributed by atoms with E-state index in [-0.39, 0.29) is 12.0 Å². The summed E-state index contributed by atoms with van der Waals surface area (Å²) in [6, 6.07) is 3.69. The summed E-state index contributed by atoms with van der Waals surface area (Å²) in [4.78, 5) is 35.3. The predicted octanol–water partition coefficient (Wildman–Crippen LogP) is 3.51.